The molecule has 1 aromatic heterocycles. The van der Waals surface area contributed by atoms with Gasteiger partial charge in [0.1, 0.15) is 5.69 Å². The number of nitrogens with one attached hydrogen (secondary N) is 1. The van der Waals surface area contributed by atoms with E-state index in [9.17, 15) is 14.9 Å². The Morgan fingerprint density at radius 1 is 1.50 bits per heavy atom. The molecule has 0 aliphatic rings. The van der Waals surface area contributed by atoms with E-state index in [0.717, 1.165) is 4.34 Å². The fourth-order valence-electron chi connectivity index (χ4n) is 1.45. The van der Waals surface area contributed by atoms with Crippen LogP contribution in [0.3, 0.4) is 0 Å². The molecule has 1 N–H and O–H groups in total. The minimum atomic E-state index is -0.520. The molecule has 20 heavy (non-hydrogen) atoms. The molecule has 104 valence electrons. The summed E-state index contributed by atoms with van der Waals surface area (Å²) in [5, 5.41) is 14.9. The molecule has 1 amide bonds. The van der Waals surface area contributed by atoms with Crippen molar-refractivity contribution in [3.63, 3.8) is 0 Å². The highest BCUT2D eigenvalue weighted by molar-refractivity contribution is 8.02. The van der Waals surface area contributed by atoms with E-state index in [1.807, 2.05) is 5.38 Å². The highest BCUT2D eigenvalue weighted by Crippen LogP contribution is 2.28. The number of thioether (sulfide) groups is 1. The number of nitro groups is 1. The van der Waals surface area contributed by atoms with Crippen LogP contribution >= 0.6 is 23.1 Å². The van der Waals surface area contributed by atoms with Crippen molar-refractivity contribution >= 4 is 40.4 Å². The third-order valence-corrected chi connectivity index (χ3v) is 4.43. The van der Waals surface area contributed by atoms with Crippen LogP contribution in [0.5, 0.6) is 0 Å². The standard InChI is InChI=1S/C12H11N3O3S2/c1-8(20-12-13-6-7-19-12)11(16)14-9-4-2-3-5-10(9)15(17)18/h2-8H,1H3,(H,14,16). The molecule has 0 fully saturated rings. The third kappa shape index (κ3) is 3.55. The molecule has 8 heteroatoms. The number of benzene rings is 1. The van der Waals surface area contributed by atoms with Crippen LogP contribution in [-0.4, -0.2) is 21.1 Å². The summed E-state index contributed by atoms with van der Waals surface area (Å²) in [4.78, 5) is 26.5. The van der Waals surface area contributed by atoms with Gasteiger partial charge in [-0.15, -0.1) is 11.3 Å². The maximum absolute atomic E-state index is 12.0. The first kappa shape index (κ1) is 14.5. The predicted molar refractivity (Wildman–Crippen MR) is 79.2 cm³/mol. The number of amides is 1. The number of nitrogens with zero attached hydrogens (tertiary/aromatic N) is 2. The van der Waals surface area contributed by atoms with Crippen molar-refractivity contribution in [3.8, 4) is 0 Å². The van der Waals surface area contributed by atoms with Crippen molar-refractivity contribution in [1.82, 2.24) is 4.98 Å². The Balaban J connectivity index is 2.06. The number of rotatable bonds is 5. The SMILES string of the molecule is CC(Sc1nccs1)C(=O)Nc1ccccc1[N+](=O)[O-]. The van der Waals surface area contributed by atoms with Crippen LogP contribution in [0.4, 0.5) is 11.4 Å². The van der Waals surface area contributed by atoms with Crippen molar-refractivity contribution < 1.29 is 9.72 Å². The van der Waals surface area contributed by atoms with Crippen molar-refractivity contribution in [2.24, 2.45) is 0 Å². The second kappa shape index (κ2) is 6.49. The second-order valence-corrected chi connectivity index (χ2v) is 6.30. The lowest BCUT2D eigenvalue weighted by Gasteiger charge is -2.10. The van der Waals surface area contributed by atoms with Crippen LogP contribution in [0.15, 0.2) is 40.2 Å². The van der Waals surface area contributed by atoms with Gasteiger partial charge in [0.25, 0.3) is 5.69 Å². The van der Waals surface area contributed by atoms with Crippen LogP contribution in [0.1, 0.15) is 6.92 Å². The summed E-state index contributed by atoms with van der Waals surface area (Å²) >= 11 is 2.76. The average molecular weight is 309 g/mol. The van der Waals surface area contributed by atoms with Gasteiger partial charge in [-0.05, 0) is 13.0 Å². The van der Waals surface area contributed by atoms with Crippen LogP contribution < -0.4 is 5.32 Å². The summed E-state index contributed by atoms with van der Waals surface area (Å²) in [7, 11) is 0. The normalized spacial score (nSPS) is 11.8. The Morgan fingerprint density at radius 3 is 2.90 bits per heavy atom. The molecule has 1 unspecified atom stereocenters. The lowest BCUT2D eigenvalue weighted by Crippen LogP contribution is -2.22. The first-order valence-corrected chi connectivity index (χ1v) is 7.44. The number of anilines is 1. The number of hydrogen-bond donors (Lipinski definition) is 1. The number of carbonyl (C=O) groups excluding carboxylic acids is 1. The van der Waals surface area contributed by atoms with E-state index in [-0.39, 0.29) is 22.5 Å². The monoisotopic (exact) mass is 309 g/mol. The number of thiazole rings is 1. The molecule has 0 bridgehead atoms. The Bertz CT molecular complexity index is 616. The van der Waals surface area contributed by atoms with Gasteiger partial charge < -0.3 is 5.32 Å². The van der Waals surface area contributed by atoms with Crippen LogP contribution in [0.25, 0.3) is 0 Å². The van der Waals surface area contributed by atoms with Gasteiger partial charge in [0.05, 0.1) is 10.2 Å². The minimum Gasteiger partial charge on any atom is -0.319 e. The summed E-state index contributed by atoms with van der Waals surface area (Å²) in [5.74, 6) is -0.292. The van der Waals surface area contributed by atoms with Gasteiger partial charge in [-0.3, -0.25) is 14.9 Å². The molecule has 1 atom stereocenters. The summed E-state index contributed by atoms with van der Waals surface area (Å²) in [6, 6.07) is 6.06. The average Bonchev–Trinajstić information content (AvgIpc) is 2.91. The fraction of sp³-hybridized carbons (Fsp3) is 0.167. The van der Waals surface area contributed by atoms with Crippen molar-refractivity contribution in [2.75, 3.05) is 5.32 Å². The van der Waals surface area contributed by atoms with E-state index in [1.165, 1.54) is 35.2 Å². The number of carbonyl (C=O) groups is 1. The summed E-state index contributed by atoms with van der Waals surface area (Å²) in [6.07, 6.45) is 1.67. The Hall–Kier alpha value is -1.93. The highest BCUT2D eigenvalue weighted by Gasteiger charge is 2.20. The summed E-state index contributed by atoms with van der Waals surface area (Å²) < 4.78 is 0.787. The predicted octanol–water partition coefficient (Wildman–Crippen LogP) is 3.17. The Labute approximate surface area is 123 Å². The largest absolute Gasteiger partial charge is 0.319 e. The molecule has 0 radical (unpaired) electrons. The maximum Gasteiger partial charge on any atom is 0.292 e. The molecule has 2 rings (SSSR count). The molecule has 1 heterocycles. The van der Waals surface area contributed by atoms with Gasteiger partial charge in [-0.1, -0.05) is 23.9 Å². The Morgan fingerprint density at radius 2 is 2.25 bits per heavy atom. The van der Waals surface area contributed by atoms with Gasteiger partial charge in [0, 0.05) is 17.6 Å². The smallest absolute Gasteiger partial charge is 0.292 e. The molecular formula is C12H11N3O3S2. The van der Waals surface area contributed by atoms with Gasteiger partial charge in [0.2, 0.25) is 5.91 Å². The van der Waals surface area contributed by atoms with E-state index >= 15 is 0 Å². The van der Waals surface area contributed by atoms with Gasteiger partial charge in [-0.25, -0.2) is 4.98 Å². The number of para-hydroxylation sites is 2. The van der Waals surface area contributed by atoms with E-state index in [1.54, 1.807) is 25.3 Å². The van der Waals surface area contributed by atoms with E-state index in [0.29, 0.717) is 0 Å². The summed E-state index contributed by atoms with van der Waals surface area (Å²) in [6.45, 7) is 1.73. The van der Waals surface area contributed by atoms with Crippen LogP contribution in [-0.2, 0) is 4.79 Å². The minimum absolute atomic E-state index is 0.118. The van der Waals surface area contributed by atoms with Crippen molar-refractivity contribution in [3.05, 3.63) is 46.0 Å². The zero-order valence-electron chi connectivity index (χ0n) is 10.5. The molecule has 0 saturated carbocycles. The number of aromatic nitrogens is 1. The van der Waals surface area contributed by atoms with Gasteiger partial charge >= 0.3 is 0 Å². The van der Waals surface area contributed by atoms with Gasteiger partial charge in [0.15, 0.2) is 4.34 Å². The lowest BCUT2D eigenvalue weighted by atomic mass is 10.2. The van der Waals surface area contributed by atoms with Crippen molar-refractivity contribution in [2.45, 2.75) is 16.5 Å². The van der Waals surface area contributed by atoms with Crippen LogP contribution in [0, 0.1) is 10.1 Å². The first-order valence-electron chi connectivity index (χ1n) is 5.68. The molecule has 0 spiro atoms. The lowest BCUT2D eigenvalue weighted by molar-refractivity contribution is -0.383. The summed E-state index contributed by atoms with van der Waals surface area (Å²) in [5.41, 5.74) is 0.0846. The molecule has 0 aliphatic heterocycles. The second-order valence-electron chi connectivity index (χ2n) is 3.82. The van der Waals surface area contributed by atoms with E-state index in [4.69, 9.17) is 0 Å². The van der Waals surface area contributed by atoms with E-state index < -0.39 is 4.92 Å². The molecule has 2 aromatic rings. The van der Waals surface area contributed by atoms with Gasteiger partial charge in [-0.2, -0.15) is 0 Å². The van der Waals surface area contributed by atoms with E-state index in [2.05, 4.69) is 10.3 Å². The van der Waals surface area contributed by atoms with Crippen LogP contribution in [0.2, 0.25) is 0 Å². The zero-order valence-corrected chi connectivity index (χ0v) is 12.1. The molecule has 1 aromatic carbocycles. The maximum atomic E-state index is 12.0. The highest BCUT2D eigenvalue weighted by atomic mass is 32.2. The molecule has 0 saturated heterocycles. The quantitative estimate of drug-likeness (QED) is 0.521. The fourth-order valence-corrected chi connectivity index (χ4v) is 3.22. The third-order valence-electron chi connectivity index (χ3n) is 2.42. The molecule has 0 aliphatic carbocycles. The molecular weight excluding hydrogens is 298 g/mol. The van der Waals surface area contributed by atoms with Crippen molar-refractivity contribution in [1.29, 1.82) is 0 Å². The number of nitro benzene ring substituents is 1. The first-order chi connectivity index (χ1) is 9.58. The Kier molecular flexibility index (Phi) is 4.70. The number of hydrogen-bond acceptors (Lipinski definition) is 6. The zero-order chi connectivity index (χ0) is 14.5. The molecule has 6 nitrogen and oxygen atoms in total. The topological polar surface area (TPSA) is 85.1 Å².